The van der Waals surface area contributed by atoms with Crippen molar-refractivity contribution in [2.75, 3.05) is 26.7 Å². The van der Waals surface area contributed by atoms with Crippen LogP contribution in [0.15, 0.2) is 28.7 Å². The van der Waals surface area contributed by atoms with Crippen LogP contribution >= 0.6 is 15.9 Å². The molecule has 0 saturated carbocycles. The summed E-state index contributed by atoms with van der Waals surface area (Å²) in [4.78, 5) is 2.46. The fraction of sp³-hybridized carbons (Fsp3) is 0.625. The predicted octanol–water partition coefficient (Wildman–Crippen LogP) is 2.95. The maximum Gasteiger partial charge on any atom is 0.0644 e. The first kappa shape index (κ1) is 16.0. The van der Waals surface area contributed by atoms with Crippen LogP contribution in [0.1, 0.15) is 37.8 Å². The third kappa shape index (κ3) is 4.55. The predicted molar refractivity (Wildman–Crippen MR) is 86.9 cm³/mol. The molecule has 1 aliphatic rings. The standard InChI is InChI=1S/C16H25BrN2O/c1-16(20)7-10-19(11-8-16)9-6-15(18-2)13-4-3-5-14(17)12-13/h3-5,12,15,18,20H,6-11H2,1-2H3. The van der Waals surface area contributed by atoms with Crippen molar-refractivity contribution in [1.29, 1.82) is 0 Å². The number of hydrogen-bond acceptors (Lipinski definition) is 3. The first-order chi connectivity index (χ1) is 9.50. The third-order valence-electron chi connectivity index (χ3n) is 4.27. The van der Waals surface area contributed by atoms with Gasteiger partial charge < -0.3 is 15.3 Å². The van der Waals surface area contributed by atoms with Crippen molar-refractivity contribution in [2.45, 2.75) is 37.8 Å². The van der Waals surface area contributed by atoms with Gasteiger partial charge in [-0.25, -0.2) is 0 Å². The molecule has 2 rings (SSSR count). The lowest BCUT2D eigenvalue weighted by atomic mass is 9.93. The van der Waals surface area contributed by atoms with E-state index in [2.05, 4.69) is 50.4 Å². The van der Waals surface area contributed by atoms with Crippen LogP contribution < -0.4 is 5.32 Å². The van der Waals surface area contributed by atoms with Gasteiger partial charge in [0.15, 0.2) is 0 Å². The van der Waals surface area contributed by atoms with Crippen LogP contribution in [0.5, 0.6) is 0 Å². The Morgan fingerprint density at radius 3 is 2.70 bits per heavy atom. The Bertz CT molecular complexity index is 426. The van der Waals surface area contributed by atoms with Crippen molar-refractivity contribution in [3.63, 3.8) is 0 Å². The number of aliphatic hydroxyl groups is 1. The lowest BCUT2D eigenvalue weighted by Gasteiger charge is -2.36. The number of nitrogens with zero attached hydrogens (tertiary/aromatic N) is 1. The van der Waals surface area contributed by atoms with E-state index >= 15 is 0 Å². The molecular formula is C16H25BrN2O. The van der Waals surface area contributed by atoms with Crippen LogP contribution in [0.25, 0.3) is 0 Å². The first-order valence-electron chi connectivity index (χ1n) is 7.38. The van der Waals surface area contributed by atoms with Crippen molar-refractivity contribution in [1.82, 2.24) is 10.2 Å². The Morgan fingerprint density at radius 1 is 1.40 bits per heavy atom. The van der Waals surface area contributed by atoms with Crippen LogP contribution in [0, 0.1) is 0 Å². The molecule has 2 N–H and O–H groups in total. The number of halogens is 1. The summed E-state index contributed by atoms with van der Waals surface area (Å²) in [5.41, 5.74) is 0.870. The van der Waals surface area contributed by atoms with Gasteiger partial charge in [-0.3, -0.25) is 0 Å². The van der Waals surface area contributed by atoms with Crippen molar-refractivity contribution < 1.29 is 5.11 Å². The number of piperidine rings is 1. The number of benzene rings is 1. The minimum atomic E-state index is -0.455. The lowest BCUT2D eigenvalue weighted by molar-refractivity contribution is -0.00593. The van der Waals surface area contributed by atoms with E-state index in [1.807, 2.05) is 14.0 Å². The monoisotopic (exact) mass is 340 g/mol. The molecule has 1 fully saturated rings. The second-order valence-corrected chi connectivity index (χ2v) is 6.94. The summed E-state index contributed by atoms with van der Waals surface area (Å²) in [6.45, 7) is 5.03. The number of rotatable bonds is 5. The molecule has 3 nitrogen and oxygen atoms in total. The summed E-state index contributed by atoms with van der Waals surface area (Å²) >= 11 is 3.53. The normalized spacial score (nSPS) is 20.8. The molecule has 20 heavy (non-hydrogen) atoms. The van der Waals surface area contributed by atoms with Crippen LogP contribution in [0.2, 0.25) is 0 Å². The van der Waals surface area contributed by atoms with Crippen LogP contribution in [0.3, 0.4) is 0 Å². The van der Waals surface area contributed by atoms with Gasteiger partial charge in [0, 0.05) is 23.6 Å². The summed E-state index contributed by atoms with van der Waals surface area (Å²) in [6, 6.07) is 8.88. The molecule has 1 heterocycles. The highest BCUT2D eigenvalue weighted by Crippen LogP contribution is 2.24. The van der Waals surface area contributed by atoms with E-state index in [4.69, 9.17) is 0 Å². The molecule has 1 aromatic rings. The van der Waals surface area contributed by atoms with E-state index in [-0.39, 0.29) is 0 Å². The molecule has 0 amide bonds. The van der Waals surface area contributed by atoms with E-state index in [1.165, 1.54) is 5.56 Å². The second-order valence-electron chi connectivity index (χ2n) is 6.02. The highest BCUT2D eigenvalue weighted by molar-refractivity contribution is 9.10. The highest BCUT2D eigenvalue weighted by atomic mass is 79.9. The fourth-order valence-corrected chi connectivity index (χ4v) is 3.19. The summed E-state index contributed by atoms with van der Waals surface area (Å²) in [7, 11) is 2.02. The zero-order valence-corrected chi connectivity index (χ0v) is 14.0. The van der Waals surface area contributed by atoms with E-state index < -0.39 is 5.60 Å². The number of likely N-dealkylation sites (tertiary alicyclic amines) is 1. The Morgan fingerprint density at radius 2 is 2.10 bits per heavy atom. The second kappa shape index (κ2) is 7.03. The van der Waals surface area contributed by atoms with Gasteiger partial charge in [-0.2, -0.15) is 0 Å². The zero-order chi connectivity index (χ0) is 14.6. The average Bonchev–Trinajstić information content (AvgIpc) is 2.41. The summed E-state index contributed by atoms with van der Waals surface area (Å²) in [5.74, 6) is 0. The quantitative estimate of drug-likeness (QED) is 0.864. The van der Waals surface area contributed by atoms with Gasteiger partial charge >= 0.3 is 0 Å². The van der Waals surface area contributed by atoms with Crippen molar-refractivity contribution >= 4 is 15.9 Å². The molecule has 1 atom stereocenters. The van der Waals surface area contributed by atoms with Gasteiger partial charge in [0.05, 0.1) is 5.60 Å². The average molecular weight is 341 g/mol. The van der Waals surface area contributed by atoms with Crippen LogP contribution in [-0.2, 0) is 0 Å². The Labute approximate surface area is 130 Å². The van der Waals surface area contributed by atoms with Crippen LogP contribution in [-0.4, -0.2) is 42.3 Å². The van der Waals surface area contributed by atoms with Crippen LogP contribution in [0.4, 0.5) is 0 Å². The fourth-order valence-electron chi connectivity index (χ4n) is 2.77. The van der Waals surface area contributed by atoms with Gasteiger partial charge in [0.25, 0.3) is 0 Å². The van der Waals surface area contributed by atoms with Crippen molar-refractivity contribution in [3.05, 3.63) is 34.3 Å². The minimum Gasteiger partial charge on any atom is -0.390 e. The number of hydrogen-bond donors (Lipinski definition) is 2. The summed E-state index contributed by atoms with van der Waals surface area (Å²) in [6.07, 6.45) is 2.86. The molecule has 0 spiro atoms. The molecule has 1 unspecified atom stereocenters. The number of nitrogens with one attached hydrogen (secondary N) is 1. The molecule has 1 aliphatic heterocycles. The van der Waals surface area contributed by atoms with E-state index in [0.29, 0.717) is 6.04 Å². The third-order valence-corrected chi connectivity index (χ3v) is 4.76. The summed E-state index contributed by atoms with van der Waals surface area (Å²) < 4.78 is 1.13. The molecule has 4 heteroatoms. The topological polar surface area (TPSA) is 35.5 Å². The lowest BCUT2D eigenvalue weighted by Crippen LogP contribution is -2.43. The van der Waals surface area contributed by atoms with E-state index in [1.54, 1.807) is 0 Å². The molecule has 0 radical (unpaired) electrons. The van der Waals surface area contributed by atoms with Gasteiger partial charge in [0.2, 0.25) is 0 Å². The zero-order valence-electron chi connectivity index (χ0n) is 12.4. The molecule has 112 valence electrons. The highest BCUT2D eigenvalue weighted by Gasteiger charge is 2.27. The molecular weight excluding hydrogens is 316 g/mol. The van der Waals surface area contributed by atoms with E-state index in [0.717, 1.165) is 43.4 Å². The smallest absolute Gasteiger partial charge is 0.0644 e. The van der Waals surface area contributed by atoms with Crippen molar-refractivity contribution in [3.8, 4) is 0 Å². The largest absolute Gasteiger partial charge is 0.390 e. The molecule has 0 aliphatic carbocycles. The maximum absolute atomic E-state index is 9.98. The Kier molecular flexibility index (Phi) is 5.61. The summed E-state index contributed by atoms with van der Waals surface area (Å²) in [5, 5.41) is 13.4. The SMILES string of the molecule is CNC(CCN1CCC(C)(O)CC1)c1cccc(Br)c1. The van der Waals surface area contributed by atoms with Gasteiger partial charge in [-0.1, -0.05) is 28.1 Å². The minimum absolute atomic E-state index is 0.384. The van der Waals surface area contributed by atoms with Gasteiger partial charge in [0.1, 0.15) is 0 Å². The first-order valence-corrected chi connectivity index (χ1v) is 8.17. The van der Waals surface area contributed by atoms with E-state index in [9.17, 15) is 5.11 Å². The molecule has 1 saturated heterocycles. The molecule has 1 aromatic carbocycles. The Hall–Kier alpha value is -0.420. The van der Waals surface area contributed by atoms with Gasteiger partial charge in [-0.15, -0.1) is 0 Å². The molecule has 0 aromatic heterocycles. The van der Waals surface area contributed by atoms with Gasteiger partial charge in [-0.05, 0) is 57.5 Å². The maximum atomic E-state index is 9.98. The molecule has 0 bridgehead atoms. The van der Waals surface area contributed by atoms with Crippen molar-refractivity contribution in [2.24, 2.45) is 0 Å². The Balaban J connectivity index is 1.86.